The molecule has 2 aliphatic heterocycles. The van der Waals surface area contributed by atoms with Crippen LogP contribution in [-0.4, -0.2) is 47.5 Å². The molecule has 0 bridgehead atoms. The molecular formula is C15H19NO4. The van der Waals surface area contributed by atoms with E-state index in [-0.39, 0.29) is 30.8 Å². The van der Waals surface area contributed by atoms with Gasteiger partial charge in [-0.05, 0) is 5.56 Å². The standard InChI is InChI=1S/C15H19NO4/c1-10-7-16(13-12(17)9-19-14(10)13)15(18)20-8-11-5-3-2-4-6-11/h2-6,10,12-14,17H,7-9H2,1H3/t10-,12+,13-,14-/m1/s1. The van der Waals surface area contributed by atoms with E-state index in [9.17, 15) is 9.90 Å². The van der Waals surface area contributed by atoms with E-state index in [1.807, 2.05) is 37.3 Å². The zero-order valence-corrected chi connectivity index (χ0v) is 11.4. The molecule has 1 aromatic rings. The third kappa shape index (κ3) is 2.39. The number of carbonyl (C=O) groups is 1. The number of hydrogen-bond acceptors (Lipinski definition) is 4. The van der Waals surface area contributed by atoms with E-state index < -0.39 is 6.10 Å². The van der Waals surface area contributed by atoms with E-state index in [0.717, 1.165) is 5.56 Å². The van der Waals surface area contributed by atoms with Crippen molar-refractivity contribution in [3.63, 3.8) is 0 Å². The smallest absolute Gasteiger partial charge is 0.410 e. The number of benzene rings is 1. The Morgan fingerprint density at radius 1 is 1.45 bits per heavy atom. The van der Waals surface area contributed by atoms with Crippen molar-refractivity contribution in [3.8, 4) is 0 Å². The summed E-state index contributed by atoms with van der Waals surface area (Å²) in [5, 5.41) is 9.95. The third-order valence-corrected chi connectivity index (χ3v) is 4.04. The summed E-state index contributed by atoms with van der Waals surface area (Å²) >= 11 is 0. The molecule has 0 radical (unpaired) electrons. The molecule has 2 fully saturated rings. The van der Waals surface area contributed by atoms with Crippen molar-refractivity contribution in [2.45, 2.75) is 31.8 Å². The van der Waals surface area contributed by atoms with E-state index in [4.69, 9.17) is 9.47 Å². The maximum absolute atomic E-state index is 12.2. The molecule has 2 saturated heterocycles. The van der Waals surface area contributed by atoms with E-state index >= 15 is 0 Å². The van der Waals surface area contributed by atoms with Crippen LogP contribution in [0.4, 0.5) is 4.79 Å². The maximum Gasteiger partial charge on any atom is 0.410 e. The summed E-state index contributed by atoms with van der Waals surface area (Å²) in [7, 11) is 0. The largest absolute Gasteiger partial charge is 0.445 e. The van der Waals surface area contributed by atoms with Crippen molar-refractivity contribution in [2.75, 3.05) is 13.2 Å². The van der Waals surface area contributed by atoms with Crippen LogP contribution in [0.15, 0.2) is 30.3 Å². The minimum atomic E-state index is -0.616. The molecule has 1 aromatic carbocycles. The number of hydrogen-bond donors (Lipinski definition) is 1. The molecule has 2 heterocycles. The van der Waals surface area contributed by atoms with Crippen LogP contribution >= 0.6 is 0 Å². The Morgan fingerprint density at radius 3 is 2.95 bits per heavy atom. The fraction of sp³-hybridized carbons (Fsp3) is 0.533. The summed E-state index contributed by atoms with van der Waals surface area (Å²) in [4.78, 5) is 13.8. The van der Waals surface area contributed by atoms with Gasteiger partial charge in [0.2, 0.25) is 0 Å². The third-order valence-electron chi connectivity index (χ3n) is 4.04. The topological polar surface area (TPSA) is 59.0 Å². The highest BCUT2D eigenvalue weighted by molar-refractivity contribution is 5.69. The molecule has 2 aliphatic rings. The molecule has 4 atom stereocenters. The average Bonchev–Trinajstić information content (AvgIpc) is 3.00. The van der Waals surface area contributed by atoms with Crippen molar-refractivity contribution in [2.24, 2.45) is 5.92 Å². The predicted molar refractivity (Wildman–Crippen MR) is 72.0 cm³/mol. The first-order valence-corrected chi connectivity index (χ1v) is 6.94. The normalized spacial score (nSPS) is 32.2. The Morgan fingerprint density at radius 2 is 2.20 bits per heavy atom. The number of likely N-dealkylation sites (tertiary alicyclic amines) is 1. The Hall–Kier alpha value is -1.59. The number of rotatable bonds is 2. The lowest BCUT2D eigenvalue weighted by Crippen LogP contribution is -2.44. The molecule has 3 rings (SSSR count). The summed E-state index contributed by atoms with van der Waals surface area (Å²) in [6.07, 6.45) is -1.07. The van der Waals surface area contributed by atoms with Crippen LogP contribution in [0.3, 0.4) is 0 Å². The lowest BCUT2D eigenvalue weighted by molar-refractivity contribution is 0.0566. The van der Waals surface area contributed by atoms with E-state index in [1.54, 1.807) is 4.90 Å². The van der Waals surface area contributed by atoms with Crippen LogP contribution in [0.5, 0.6) is 0 Å². The minimum Gasteiger partial charge on any atom is -0.445 e. The lowest BCUT2D eigenvalue weighted by atomic mass is 10.0. The van der Waals surface area contributed by atoms with Crippen LogP contribution in [0.2, 0.25) is 0 Å². The Labute approximate surface area is 118 Å². The fourth-order valence-electron chi connectivity index (χ4n) is 3.05. The van der Waals surface area contributed by atoms with Gasteiger partial charge < -0.3 is 14.6 Å². The highest BCUT2D eigenvalue weighted by Gasteiger charge is 2.51. The summed E-state index contributed by atoms with van der Waals surface area (Å²) in [5.74, 6) is 0.224. The van der Waals surface area contributed by atoms with Gasteiger partial charge in [-0.3, -0.25) is 4.90 Å². The van der Waals surface area contributed by atoms with Gasteiger partial charge in [-0.1, -0.05) is 37.3 Å². The number of fused-ring (bicyclic) bond motifs is 1. The number of aliphatic hydroxyl groups excluding tert-OH is 1. The Kier molecular flexibility index (Phi) is 3.63. The first-order valence-electron chi connectivity index (χ1n) is 6.94. The van der Waals surface area contributed by atoms with Gasteiger partial charge in [0.1, 0.15) is 12.7 Å². The van der Waals surface area contributed by atoms with Gasteiger partial charge in [0.05, 0.1) is 18.8 Å². The summed E-state index contributed by atoms with van der Waals surface area (Å²) < 4.78 is 10.9. The van der Waals surface area contributed by atoms with Gasteiger partial charge in [0.25, 0.3) is 0 Å². The minimum absolute atomic E-state index is 0.0747. The van der Waals surface area contributed by atoms with Crippen molar-refractivity contribution < 1.29 is 19.4 Å². The summed E-state index contributed by atoms with van der Waals surface area (Å²) in [6, 6.07) is 9.29. The van der Waals surface area contributed by atoms with Crippen LogP contribution in [0, 0.1) is 5.92 Å². The SMILES string of the molecule is C[C@@H]1CN(C(=O)OCc2ccccc2)[C@H]2[C@@H]1OC[C@@H]2O. The molecule has 1 amide bonds. The second-order valence-corrected chi connectivity index (χ2v) is 5.53. The molecule has 5 nitrogen and oxygen atoms in total. The molecule has 108 valence electrons. The van der Waals surface area contributed by atoms with Crippen LogP contribution in [-0.2, 0) is 16.1 Å². The Bertz CT molecular complexity index is 478. The monoisotopic (exact) mass is 277 g/mol. The molecule has 0 saturated carbocycles. The number of amides is 1. The van der Waals surface area contributed by atoms with Crippen molar-refractivity contribution in [1.82, 2.24) is 4.90 Å². The highest BCUT2D eigenvalue weighted by Crippen LogP contribution is 2.33. The van der Waals surface area contributed by atoms with Crippen molar-refractivity contribution >= 4 is 6.09 Å². The molecule has 20 heavy (non-hydrogen) atoms. The van der Waals surface area contributed by atoms with Crippen LogP contribution in [0.1, 0.15) is 12.5 Å². The fourth-order valence-corrected chi connectivity index (χ4v) is 3.05. The van der Waals surface area contributed by atoms with Gasteiger partial charge in [-0.15, -0.1) is 0 Å². The summed E-state index contributed by atoms with van der Waals surface area (Å²) in [5.41, 5.74) is 0.952. The average molecular weight is 277 g/mol. The highest BCUT2D eigenvalue weighted by atomic mass is 16.6. The van der Waals surface area contributed by atoms with Crippen LogP contribution in [0.25, 0.3) is 0 Å². The van der Waals surface area contributed by atoms with Crippen molar-refractivity contribution in [3.05, 3.63) is 35.9 Å². The molecular weight excluding hydrogens is 258 g/mol. The molecule has 5 heteroatoms. The van der Waals surface area contributed by atoms with E-state index in [0.29, 0.717) is 13.2 Å². The van der Waals surface area contributed by atoms with Crippen LogP contribution < -0.4 is 0 Å². The summed E-state index contributed by atoms with van der Waals surface area (Å²) in [6.45, 7) is 3.14. The van der Waals surface area contributed by atoms with Crippen molar-refractivity contribution in [1.29, 1.82) is 0 Å². The number of nitrogens with zero attached hydrogens (tertiary/aromatic N) is 1. The van der Waals surface area contributed by atoms with Gasteiger partial charge in [-0.25, -0.2) is 4.79 Å². The molecule has 0 spiro atoms. The number of carbonyl (C=O) groups excluding carboxylic acids is 1. The Balaban J connectivity index is 1.62. The number of ether oxygens (including phenoxy) is 2. The second kappa shape index (κ2) is 5.42. The van der Waals surface area contributed by atoms with Gasteiger partial charge in [0, 0.05) is 12.5 Å². The second-order valence-electron chi connectivity index (χ2n) is 5.53. The molecule has 0 unspecified atom stereocenters. The zero-order valence-electron chi connectivity index (χ0n) is 11.4. The zero-order chi connectivity index (χ0) is 14.1. The first-order chi connectivity index (χ1) is 9.66. The van der Waals surface area contributed by atoms with Gasteiger partial charge >= 0.3 is 6.09 Å². The molecule has 0 aliphatic carbocycles. The van der Waals surface area contributed by atoms with E-state index in [1.165, 1.54) is 0 Å². The first kappa shape index (κ1) is 13.4. The van der Waals surface area contributed by atoms with Gasteiger partial charge in [0.15, 0.2) is 0 Å². The van der Waals surface area contributed by atoms with Gasteiger partial charge in [-0.2, -0.15) is 0 Å². The quantitative estimate of drug-likeness (QED) is 0.888. The predicted octanol–water partition coefficient (Wildman–Crippen LogP) is 1.40. The maximum atomic E-state index is 12.2. The van der Waals surface area contributed by atoms with E-state index in [2.05, 4.69) is 0 Å². The molecule has 0 aromatic heterocycles. The number of aliphatic hydroxyl groups is 1. The lowest BCUT2D eigenvalue weighted by Gasteiger charge is -2.24. The molecule has 1 N–H and O–H groups in total.